The van der Waals surface area contributed by atoms with E-state index in [-0.39, 0.29) is 18.2 Å². The Morgan fingerprint density at radius 3 is 2.60 bits per heavy atom. The maximum absolute atomic E-state index is 12.1. The van der Waals surface area contributed by atoms with Crippen LogP contribution >= 0.6 is 11.6 Å². The summed E-state index contributed by atoms with van der Waals surface area (Å²) in [6.45, 7) is 2.52. The molecule has 0 bridgehead atoms. The van der Waals surface area contributed by atoms with Crippen LogP contribution in [0.2, 0.25) is 5.02 Å². The zero-order valence-corrected chi connectivity index (χ0v) is 11.7. The van der Waals surface area contributed by atoms with Gasteiger partial charge in [0.05, 0.1) is 25.3 Å². The van der Waals surface area contributed by atoms with E-state index in [9.17, 15) is 9.59 Å². The molecule has 6 heteroatoms. The van der Waals surface area contributed by atoms with E-state index in [0.717, 1.165) is 5.56 Å². The van der Waals surface area contributed by atoms with Crippen molar-refractivity contribution in [1.29, 1.82) is 0 Å². The number of amides is 1. The van der Waals surface area contributed by atoms with Gasteiger partial charge in [0.1, 0.15) is 6.10 Å². The van der Waals surface area contributed by atoms with Gasteiger partial charge in [-0.2, -0.15) is 0 Å². The molecule has 106 valence electrons. The molecule has 0 aromatic heterocycles. The molecule has 20 heavy (non-hydrogen) atoms. The summed E-state index contributed by atoms with van der Waals surface area (Å²) in [6.07, 6.45) is -0.365. The third-order valence-electron chi connectivity index (χ3n) is 3.76. The van der Waals surface area contributed by atoms with Gasteiger partial charge in [0.2, 0.25) is 0 Å². The number of benzene rings is 1. The van der Waals surface area contributed by atoms with Crippen LogP contribution < -0.4 is 0 Å². The van der Waals surface area contributed by atoms with E-state index in [1.807, 2.05) is 12.1 Å². The lowest BCUT2D eigenvalue weighted by Crippen LogP contribution is -2.61. The maximum Gasteiger partial charge on any atom is 0.397 e. The maximum atomic E-state index is 12.1. The minimum atomic E-state index is -0.797. The van der Waals surface area contributed by atoms with E-state index in [1.165, 1.54) is 0 Å². The molecule has 2 fully saturated rings. The molecule has 1 aromatic rings. The predicted molar refractivity (Wildman–Crippen MR) is 71.2 cm³/mol. The van der Waals surface area contributed by atoms with Crippen molar-refractivity contribution >= 4 is 23.5 Å². The minimum Gasteiger partial charge on any atom is -0.453 e. The van der Waals surface area contributed by atoms with Crippen molar-refractivity contribution in [3.8, 4) is 0 Å². The van der Waals surface area contributed by atoms with Crippen molar-refractivity contribution in [3.05, 3.63) is 34.9 Å². The summed E-state index contributed by atoms with van der Waals surface area (Å²) in [4.78, 5) is 25.3. The average Bonchev–Trinajstić information content (AvgIpc) is 2.45. The predicted octanol–water partition coefficient (Wildman–Crippen LogP) is 1.55. The quantitative estimate of drug-likeness (QED) is 0.583. The number of cyclic esters (lactones) is 1. The van der Waals surface area contributed by atoms with Crippen LogP contribution in [0.4, 0.5) is 0 Å². The summed E-state index contributed by atoms with van der Waals surface area (Å²) in [6, 6.07) is 6.68. The molecule has 2 aliphatic rings. The van der Waals surface area contributed by atoms with Crippen LogP contribution in [-0.2, 0) is 19.1 Å². The molecule has 0 saturated carbocycles. The monoisotopic (exact) mass is 295 g/mol. The molecule has 1 amide bonds. The lowest BCUT2D eigenvalue weighted by Gasteiger charge is -2.46. The lowest BCUT2D eigenvalue weighted by molar-refractivity contribution is -0.191. The number of fused-ring (bicyclic) bond motifs is 1. The SMILES string of the molecule is C[C@@H]1OC(=O)C(=O)N2[C@@H]1COC[C@H]2c1ccc(Cl)cc1. The number of esters is 1. The molecule has 0 aliphatic carbocycles. The molecule has 2 heterocycles. The van der Waals surface area contributed by atoms with Gasteiger partial charge in [-0.1, -0.05) is 23.7 Å². The van der Waals surface area contributed by atoms with Gasteiger partial charge in [0, 0.05) is 5.02 Å². The summed E-state index contributed by atoms with van der Waals surface area (Å²) in [7, 11) is 0. The number of carbonyl (C=O) groups is 2. The number of morpholine rings is 2. The molecule has 0 radical (unpaired) electrons. The first kappa shape index (κ1) is 13.4. The normalized spacial score (nSPS) is 29.9. The Labute approximate surface area is 121 Å². The minimum absolute atomic E-state index is 0.241. The second-order valence-electron chi connectivity index (χ2n) is 5.00. The lowest BCUT2D eigenvalue weighted by atomic mass is 9.98. The summed E-state index contributed by atoms with van der Waals surface area (Å²) < 4.78 is 10.6. The van der Waals surface area contributed by atoms with Gasteiger partial charge in [0.15, 0.2) is 0 Å². The number of rotatable bonds is 1. The largest absolute Gasteiger partial charge is 0.453 e. The van der Waals surface area contributed by atoms with Crippen molar-refractivity contribution in [1.82, 2.24) is 4.90 Å². The molecule has 0 spiro atoms. The van der Waals surface area contributed by atoms with Gasteiger partial charge >= 0.3 is 11.9 Å². The zero-order chi connectivity index (χ0) is 14.3. The molecule has 0 N–H and O–H groups in total. The topological polar surface area (TPSA) is 55.8 Å². The number of ether oxygens (including phenoxy) is 2. The Morgan fingerprint density at radius 1 is 1.20 bits per heavy atom. The smallest absolute Gasteiger partial charge is 0.397 e. The highest BCUT2D eigenvalue weighted by Gasteiger charge is 2.46. The van der Waals surface area contributed by atoms with E-state index < -0.39 is 11.9 Å². The molecule has 2 saturated heterocycles. The van der Waals surface area contributed by atoms with Crippen molar-refractivity contribution in [2.75, 3.05) is 13.2 Å². The molecule has 2 aliphatic heterocycles. The van der Waals surface area contributed by atoms with Gasteiger partial charge in [-0.3, -0.25) is 4.79 Å². The highest BCUT2D eigenvalue weighted by molar-refractivity contribution is 6.33. The van der Waals surface area contributed by atoms with E-state index in [0.29, 0.717) is 18.2 Å². The molecule has 3 atom stereocenters. The summed E-state index contributed by atoms with van der Waals surface area (Å²) in [5.41, 5.74) is 0.898. The van der Waals surface area contributed by atoms with Crippen molar-refractivity contribution in [2.45, 2.75) is 25.1 Å². The van der Waals surface area contributed by atoms with Crippen LogP contribution in [0.1, 0.15) is 18.5 Å². The van der Waals surface area contributed by atoms with Gasteiger partial charge in [0.25, 0.3) is 0 Å². The number of hydrogen-bond acceptors (Lipinski definition) is 4. The fraction of sp³-hybridized carbons (Fsp3) is 0.429. The highest BCUT2D eigenvalue weighted by atomic mass is 35.5. The number of hydrogen-bond donors (Lipinski definition) is 0. The fourth-order valence-corrected chi connectivity index (χ4v) is 2.82. The molecule has 0 unspecified atom stereocenters. The number of halogens is 1. The molecular formula is C14H14ClNO4. The number of carbonyl (C=O) groups excluding carboxylic acids is 2. The van der Waals surface area contributed by atoms with E-state index in [4.69, 9.17) is 21.1 Å². The van der Waals surface area contributed by atoms with Crippen molar-refractivity contribution < 1.29 is 19.1 Å². The first-order valence-electron chi connectivity index (χ1n) is 6.44. The first-order chi connectivity index (χ1) is 9.58. The Morgan fingerprint density at radius 2 is 1.90 bits per heavy atom. The van der Waals surface area contributed by atoms with Crippen LogP contribution in [0.5, 0.6) is 0 Å². The fourth-order valence-electron chi connectivity index (χ4n) is 2.69. The Balaban J connectivity index is 1.96. The Hall–Kier alpha value is -1.59. The second-order valence-corrected chi connectivity index (χ2v) is 5.43. The zero-order valence-electron chi connectivity index (χ0n) is 10.9. The van der Waals surface area contributed by atoms with Crippen molar-refractivity contribution in [2.24, 2.45) is 0 Å². The third kappa shape index (κ3) is 2.17. The van der Waals surface area contributed by atoms with Crippen LogP contribution in [0.25, 0.3) is 0 Å². The van der Waals surface area contributed by atoms with E-state index in [2.05, 4.69) is 0 Å². The molecule has 5 nitrogen and oxygen atoms in total. The van der Waals surface area contributed by atoms with E-state index in [1.54, 1.807) is 24.0 Å². The molecule has 3 rings (SSSR count). The van der Waals surface area contributed by atoms with Gasteiger partial charge in [-0.25, -0.2) is 4.79 Å². The average molecular weight is 296 g/mol. The molecule has 1 aromatic carbocycles. The highest BCUT2D eigenvalue weighted by Crippen LogP contribution is 2.32. The van der Waals surface area contributed by atoms with Gasteiger partial charge < -0.3 is 14.4 Å². The van der Waals surface area contributed by atoms with Gasteiger partial charge in [-0.05, 0) is 24.6 Å². The third-order valence-corrected chi connectivity index (χ3v) is 4.01. The summed E-state index contributed by atoms with van der Waals surface area (Å²) >= 11 is 5.88. The van der Waals surface area contributed by atoms with Gasteiger partial charge in [-0.15, -0.1) is 0 Å². The Kier molecular flexibility index (Phi) is 3.40. The van der Waals surface area contributed by atoms with E-state index >= 15 is 0 Å². The van der Waals surface area contributed by atoms with Crippen LogP contribution in [0.3, 0.4) is 0 Å². The Bertz CT molecular complexity index is 545. The van der Waals surface area contributed by atoms with Crippen LogP contribution in [0.15, 0.2) is 24.3 Å². The number of nitrogens with zero attached hydrogens (tertiary/aromatic N) is 1. The van der Waals surface area contributed by atoms with Crippen LogP contribution in [-0.4, -0.2) is 42.1 Å². The summed E-state index contributed by atoms with van der Waals surface area (Å²) in [5.74, 6) is -1.40. The van der Waals surface area contributed by atoms with Crippen molar-refractivity contribution in [3.63, 3.8) is 0 Å². The summed E-state index contributed by atoms with van der Waals surface area (Å²) in [5, 5.41) is 0.625. The standard InChI is InChI=1S/C14H14ClNO4/c1-8-11-6-19-7-12(9-2-4-10(15)5-3-9)16(11)13(17)14(18)20-8/h2-5,8,11-12H,6-7H2,1H3/t8-,11+,12-/m0/s1. The van der Waals surface area contributed by atoms with Crippen LogP contribution in [0, 0.1) is 0 Å². The first-order valence-corrected chi connectivity index (χ1v) is 6.82. The second kappa shape index (κ2) is 5.07. The molecular weight excluding hydrogens is 282 g/mol.